The zero-order valence-electron chi connectivity index (χ0n) is 10.8. The predicted octanol–water partition coefficient (Wildman–Crippen LogP) is 1.95. The molecule has 0 saturated carbocycles. The van der Waals surface area contributed by atoms with Crippen molar-refractivity contribution in [1.29, 1.82) is 0 Å². The van der Waals surface area contributed by atoms with Crippen molar-refractivity contribution in [2.75, 3.05) is 25.0 Å². The molecular weight excluding hydrogens is 228 g/mol. The van der Waals surface area contributed by atoms with E-state index < -0.39 is 0 Å². The minimum Gasteiger partial charge on any atom is -0.493 e. The second-order valence-corrected chi connectivity index (χ2v) is 4.42. The van der Waals surface area contributed by atoms with Gasteiger partial charge >= 0.3 is 0 Å². The molecule has 1 aromatic rings. The number of benzene rings is 1. The van der Waals surface area contributed by atoms with E-state index in [2.05, 4.69) is 17.6 Å². The van der Waals surface area contributed by atoms with E-state index >= 15 is 0 Å². The van der Waals surface area contributed by atoms with Gasteiger partial charge in [0.1, 0.15) is 5.75 Å². The first kappa shape index (κ1) is 12.9. The van der Waals surface area contributed by atoms with Crippen LogP contribution < -0.4 is 15.4 Å². The van der Waals surface area contributed by atoms with Crippen molar-refractivity contribution in [3.05, 3.63) is 23.8 Å². The number of ether oxygens (including phenoxy) is 1. The third-order valence-corrected chi connectivity index (χ3v) is 2.99. The van der Waals surface area contributed by atoms with Crippen LogP contribution in [0.15, 0.2) is 18.2 Å². The summed E-state index contributed by atoms with van der Waals surface area (Å²) in [5.41, 5.74) is 2.09. The van der Waals surface area contributed by atoms with Gasteiger partial charge < -0.3 is 15.4 Å². The molecule has 2 rings (SSSR count). The first-order valence-electron chi connectivity index (χ1n) is 6.56. The molecular formula is C14H20N2O2. The Morgan fingerprint density at radius 2 is 2.28 bits per heavy atom. The smallest absolute Gasteiger partial charge is 0.224 e. The van der Waals surface area contributed by atoms with E-state index in [0.717, 1.165) is 37.4 Å². The van der Waals surface area contributed by atoms with Crippen LogP contribution in [-0.4, -0.2) is 25.6 Å². The number of anilines is 1. The molecule has 0 radical (unpaired) electrons. The van der Waals surface area contributed by atoms with Gasteiger partial charge in [0.25, 0.3) is 0 Å². The third-order valence-electron chi connectivity index (χ3n) is 2.99. The van der Waals surface area contributed by atoms with Crippen LogP contribution in [0.25, 0.3) is 0 Å². The number of fused-ring (bicyclic) bond motifs is 1. The van der Waals surface area contributed by atoms with E-state index in [-0.39, 0.29) is 5.91 Å². The van der Waals surface area contributed by atoms with Gasteiger partial charge in [-0.05, 0) is 37.6 Å². The van der Waals surface area contributed by atoms with Gasteiger partial charge in [0.15, 0.2) is 0 Å². The van der Waals surface area contributed by atoms with Crippen LogP contribution in [0.2, 0.25) is 0 Å². The lowest BCUT2D eigenvalue weighted by Gasteiger charge is -2.17. The number of nitrogens with one attached hydrogen (secondary N) is 2. The van der Waals surface area contributed by atoms with E-state index in [4.69, 9.17) is 4.74 Å². The van der Waals surface area contributed by atoms with Crippen LogP contribution in [0, 0.1) is 0 Å². The van der Waals surface area contributed by atoms with Crippen molar-refractivity contribution < 1.29 is 9.53 Å². The predicted molar refractivity (Wildman–Crippen MR) is 72.0 cm³/mol. The monoisotopic (exact) mass is 248 g/mol. The van der Waals surface area contributed by atoms with E-state index in [0.29, 0.717) is 13.0 Å². The Kier molecular flexibility index (Phi) is 4.59. The van der Waals surface area contributed by atoms with Gasteiger partial charge in [0.2, 0.25) is 5.91 Å². The topological polar surface area (TPSA) is 50.4 Å². The molecule has 18 heavy (non-hydrogen) atoms. The lowest BCUT2D eigenvalue weighted by Crippen LogP contribution is -2.19. The van der Waals surface area contributed by atoms with E-state index in [1.165, 1.54) is 5.56 Å². The quantitative estimate of drug-likeness (QED) is 0.757. The maximum Gasteiger partial charge on any atom is 0.224 e. The van der Waals surface area contributed by atoms with Gasteiger partial charge in [-0.1, -0.05) is 13.0 Å². The van der Waals surface area contributed by atoms with Crippen molar-refractivity contribution in [2.24, 2.45) is 0 Å². The Hall–Kier alpha value is -1.55. The third kappa shape index (κ3) is 3.47. The number of hydrogen-bond acceptors (Lipinski definition) is 3. The van der Waals surface area contributed by atoms with Crippen molar-refractivity contribution in [3.8, 4) is 5.75 Å². The number of carbonyl (C=O) groups excluding carboxylic acids is 1. The van der Waals surface area contributed by atoms with Crippen molar-refractivity contribution in [2.45, 2.75) is 26.2 Å². The number of amides is 1. The molecule has 0 fully saturated rings. The van der Waals surface area contributed by atoms with Crippen LogP contribution in [0.5, 0.6) is 5.75 Å². The highest BCUT2D eigenvalue weighted by atomic mass is 16.5. The summed E-state index contributed by atoms with van der Waals surface area (Å²) in [7, 11) is 0. The van der Waals surface area contributed by atoms with E-state index in [1.54, 1.807) is 0 Å². The van der Waals surface area contributed by atoms with Gasteiger partial charge in [-0.15, -0.1) is 0 Å². The highest BCUT2D eigenvalue weighted by molar-refractivity contribution is 5.94. The molecule has 0 unspecified atom stereocenters. The molecule has 0 saturated heterocycles. The molecule has 1 aromatic carbocycles. The molecule has 0 aliphatic carbocycles. The normalized spacial score (nSPS) is 13.9. The molecule has 1 aliphatic rings. The van der Waals surface area contributed by atoms with Crippen LogP contribution in [-0.2, 0) is 11.2 Å². The standard InChI is InChI=1S/C14H20N2O2/c1-2-15-8-3-9-18-12-6-4-11-5-7-14(17)16-13(11)10-12/h4,6,10,15H,2-3,5,7-9H2,1H3,(H,16,17). The maximum absolute atomic E-state index is 11.3. The van der Waals surface area contributed by atoms with Crippen LogP contribution in [0.4, 0.5) is 5.69 Å². The minimum atomic E-state index is 0.0896. The maximum atomic E-state index is 11.3. The average Bonchev–Trinajstić information content (AvgIpc) is 2.38. The molecule has 4 nitrogen and oxygen atoms in total. The average molecular weight is 248 g/mol. The largest absolute Gasteiger partial charge is 0.493 e. The van der Waals surface area contributed by atoms with Gasteiger partial charge in [0.05, 0.1) is 6.61 Å². The SMILES string of the molecule is CCNCCCOc1ccc2c(c1)NC(=O)CC2. The summed E-state index contributed by atoms with van der Waals surface area (Å²) in [6, 6.07) is 5.93. The Morgan fingerprint density at radius 3 is 3.11 bits per heavy atom. The van der Waals surface area contributed by atoms with Crippen molar-refractivity contribution in [3.63, 3.8) is 0 Å². The van der Waals surface area contributed by atoms with Crippen molar-refractivity contribution in [1.82, 2.24) is 5.32 Å². The molecule has 1 amide bonds. The van der Waals surface area contributed by atoms with Gasteiger partial charge in [-0.3, -0.25) is 4.79 Å². The fourth-order valence-electron chi connectivity index (χ4n) is 2.00. The highest BCUT2D eigenvalue weighted by Gasteiger charge is 2.14. The summed E-state index contributed by atoms with van der Waals surface area (Å²) in [5.74, 6) is 0.916. The molecule has 0 spiro atoms. The molecule has 1 heterocycles. The lowest BCUT2D eigenvalue weighted by atomic mass is 10.0. The van der Waals surface area contributed by atoms with E-state index in [9.17, 15) is 4.79 Å². The summed E-state index contributed by atoms with van der Waals surface area (Å²) in [6.07, 6.45) is 2.38. The molecule has 98 valence electrons. The first-order valence-corrected chi connectivity index (χ1v) is 6.56. The van der Waals surface area contributed by atoms with Gasteiger partial charge in [-0.2, -0.15) is 0 Å². The summed E-state index contributed by atoms with van der Waals surface area (Å²) < 4.78 is 5.66. The number of carbonyl (C=O) groups is 1. The molecule has 0 aromatic heterocycles. The summed E-state index contributed by atoms with van der Waals surface area (Å²) >= 11 is 0. The Balaban J connectivity index is 1.86. The zero-order valence-corrected chi connectivity index (χ0v) is 10.8. The second-order valence-electron chi connectivity index (χ2n) is 4.42. The number of rotatable bonds is 6. The Bertz CT molecular complexity index is 418. The molecule has 0 atom stereocenters. The minimum absolute atomic E-state index is 0.0896. The molecule has 4 heteroatoms. The van der Waals surface area contributed by atoms with Crippen LogP contribution >= 0.6 is 0 Å². The van der Waals surface area contributed by atoms with E-state index in [1.807, 2.05) is 18.2 Å². The highest BCUT2D eigenvalue weighted by Crippen LogP contribution is 2.27. The number of aryl methyl sites for hydroxylation is 1. The number of hydrogen-bond donors (Lipinski definition) is 2. The summed E-state index contributed by atoms with van der Waals surface area (Å²) in [4.78, 5) is 11.3. The summed E-state index contributed by atoms with van der Waals surface area (Å²) in [6.45, 7) is 4.75. The molecule has 0 bridgehead atoms. The fourth-order valence-corrected chi connectivity index (χ4v) is 2.00. The molecule has 1 aliphatic heterocycles. The first-order chi connectivity index (χ1) is 8.79. The van der Waals surface area contributed by atoms with Crippen LogP contribution in [0.3, 0.4) is 0 Å². The second kappa shape index (κ2) is 6.40. The molecule has 2 N–H and O–H groups in total. The van der Waals surface area contributed by atoms with Crippen LogP contribution in [0.1, 0.15) is 25.3 Å². The Morgan fingerprint density at radius 1 is 1.39 bits per heavy atom. The zero-order chi connectivity index (χ0) is 12.8. The van der Waals surface area contributed by atoms with Crippen molar-refractivity contribution >= 4 is 11.6 Å². The fraction of sp³-hybridized carbons (Fsp3) is 0.500. The summed E-state index contributed by atoms with van der Waals surface area (Å²) in [5, 5.41) is 6.13. The van der Waals surface area contributed by atoms with Gasteiger partial charge in [-0.25, -0.2) is 0 Å². The Labute approximate surface area is 108 Å². The lowest BCUT2D eigenvalue weighted by molar-refractivity contribution is -0.116. The van der Waals surface area contributed by atoms with Gasteiger partial charge in [0, 0.05) is 18.2 Å².